The maximum Gasteiger partial charge on any atom is 0.243 e. The van der Waals surface area contributed by atoms with Gasteiger partial charge in [0.15, 0.2) is 0 Å². The van der Waals surface area contributed by atoms with Crippen molar-refractivity contribution in [3.05, 3.63) is 23.8 Å². The maximum absolute atomic E-state index is 12.1. The zero-order valence-electron chi connectivity index (χ0n) is 10.8. The number of rotatable bonds is 3. The molecule has 1 heterocycles. The summed E-state index contributed by atoms with van der Waals surface area (Å²) >= 11 is 0. The van der Waals surface area contributed by atoms with Crippen molar-refractivity contribution in [2.24, 2.45) is 0 Å². The minimum absolute atomic E-state index is 0.0781. The largest absolute Gasteiger partial charge is 0.398 e. The normalized spacial score (nSPS) is 17.7. The van der Waals surface area contributed by atoms with Crippen molar-refractivity contribution in [2.75, 3.05) is 24.2 Å². The van der Waals surface area contributed by atoms with Gasteiger partial charge in [0.2, 0.25) is 5.91 Å². The minimum atomic E-state index is -0.298. The lowest BCUT2D eigenvalue weighted by Gasteiger charge is -2.22. The van der Waals surface area contributed by atoms with Crippen LogP contribution < -0.4 is 11.1 Å². The summed E-state index contributed by atoms with van der Waals surface area (Å²) in [5.74, 6) is -0.0781. The summed E-state index contributed by atoms with van der Waals surface area (Å²) in [5.41, 5.74) is 8.13. The Morgan fingerprint density at radius 3 is 3.00 bits per heavy atom. The van der Waals surface area contributed by atoms with Gasteiger partial charge in [-0.15, -0.1) is 0 Å². The number of anilines is 2. The number of nitrogen functional groups attached to an aromatic ring is 1. The molecular weight excluding hydrogens is 230 g/mol. The Balaban J connectivity index is 2.04. The first-order valence-electron chi connectivity index (χ1n) is 6.15. The van der Waals surface area contributed by atoms with E-state index in [9.17, 15) is 4.79 Å². The molecule has 2 rings (SSSR count). The number of amides is 1. The summed E-state index contributed by atoms with van der Waals surface area (Å²) in [4.78, 5) is 17.5. The van der Waals surface area contributed by atoms with E-state index < -0.39 is 0 Å². The van der Waals surface area contributed by atoms with Crippen molar-refractivity contribution < 1.29 is 9.63 Å². The van der Waals surface area contributed by atoms with Crippen molar-refractivity contribution in [3.8, 4) is 0 Å². The van der Waals surface area contributed by atoms with Crippen molar-refractivity contribution in [2.45, 2.75) is 26.3 Å². The molecule has 0 bridgehead atoms. The van der Waals surface area contributed by atoms with Crippen molar-refractivity contribution in [3.63, 3.8) is 0 Å². The van der Waals surface area contributed by atoms with E-state index in [4.69, 9.17) is 10.6 Å². The van der Waals surface area contributed by atoms with Crippen LogP contribution in [0.2, 0.25) is 0 Å². The van der Waals surface area contributed by atoms with Crippen molar-refractivity contribution in [1.82, 2.24) is 5.06 Å². The minimum Gasteiger partial charge on any atom is -0.398 e. The molecule has 1 atom stereocenters. The molecule has 98 valence electrons. The summed E-state index contributed by atoms with van der Waals surface area (Å²) in [7, 11) is 0. The molecule has 0 saturated carbocycles. The predicted octanol–water partition coefficient (Wildman–Crippen LogP) is 1.54. The van der Waals surface area contributed by atoms with Crippen LogP contribution in [0.1, 0.15) is 18.9 Å². The van der Waals surface area contributed by atoms with Crippen molar-refractivity contribution in [1.29, 1.82) is 0 Å². The standard InChI is InChI=1S/C13H19N3O2/c1-9-11(14)5-3-6-12(9)15-13(17)10(2)16-7-4-8-18-16/h3,5-6,10H,4,7-8,14H2,1-2H3,(H,15,17). The molecule has 0 aromatic heterocycles. The fraction of sp³-hybridized carbons (Fsp3) is 0.462. The van der Waals surface area contributed by atoms with Crippen LogP contribution in [0.15, 0.2) is 18.2 Å². The fourth-order valence-electron chi connectivity index (χ4n) is 1.93. The van der Waals surface area contributed by atoms with E-state index in [0.717, 1.165) is 24.2 Å². The van der Waals surface area contributed by atoms with Crippen LogP contribution in [0.5, 0.6) is 0 Å². The number of nitrogens with zero attached hydrogens (tertiary/aromatic N) is 1. The number of carbonyl (C=O) groups is 1. The van der Waals surface area contributed by atoms with Crippen LogP contribution in [0.3, 0.4) is 0 Å². The summed E-state index contributed by atoms with van der Waals surface area (Å²) in [6.07, 6.45) is 0.967. The number of hydroxylamine groups is 2. The summed E-state index contributed by atoms with van der Waals surface area (Å²) in [6, 6.07) is 5.20. The van der Waals surface area contributed by atoms with Gasteiger partial charge in [0, 0.05) is 17.9 Å². The van der Waals surface area contributed by atoms with Gasteiger partial charge in [-0.2, -0.15) is 5.06 Å². The highest BCUT2D eigenvalue weighted by Crippen LogP contribution is 2.21. The van der Waals surface area contributed by atoms with E-state index in [1.807, 2.05) is 32.0 Å². The van der Waals surface area contributed by atoms with Crippen LogP contribution in [0.4, 0.5) is 11.4 Å². The Kier molecular flexibility index (Phi) is 3.84. The average Bonchev–Trinajstić information content (AvgIpc) is 2.87. The Labute approximate surface area is 107 Å². The Morgan fingerprint density at radius 2 is 2.33 bits per heavy atom. The van der Waals surface area contributed by atoms with Crippen LogP contribution in [-0.2, 0) is 9.63 Å². The van der Waals surface area contributed by atoms with E-state index in [1.54, 1.807) is 5.06 Å². The summed E-state index contributed by atoms with van der Waals surface area (Å²) < 4.78 is 0. The SMILES string of the molecule is Cc1c(N)cccc1NC(=O)C(C)N1CCCO1. The predicted molar refractivity (Wildman–Crippen MR) is 71.0 cm³/mol. The molecule has 1 unspecified atom stereocenters. The molecule has 18 heavy (non-hydrogen) atoms. The van der Waals surface area contributed by atoms with Crippen LogP contribution >= 0.6 is 0 Å². The average molecular weight is 249 g/mol. The molecule has 5 nitrogen and oxygen atoms in total. The van der Waals surface area contributed by atoms with Gasteiger partial charge >= 0.3 is 0 Å². The van der Waals surface area contributed by atoms with Gasteiger partial charge in [0.1, 0.15) is 6.04 Å². The second kappa shape index (κ2) is 5.37. The molecule has 1 aliphatic rings. The lowest BCUT2D eigenvalue weighted by molar-refractivity contribution is -0.154. The van der Waals surface area contributed by atoms with E-state index in [0.29, 0.717) is 12.3 Å². The first kappa shape index (κ1) is 12.9. The monoisotopic (exact) mass is 249 g/mol. The topological polar surface area (TPSA) is 67.6 Å². The third-order valence-corrected chi connectivity index (χ3v) is 3.22. The van der Waals surface area contributed by atoms with Gasteiger partial charge in [-0.3, -0.25) is 9.63 Å². The molecule has 3 N–H and O–H groups in total. The lowest BCUT2D eigenvalue weighted by atomic mass is 10.1. The number of nitrogens with two attached hydrogens (primary N) is 1. The van der Waals surface area contributed by atoms with Gasteiger partial charge < -0.3 is 11.1 Å². The van der Waals surface area contributed by atoms with E-state index in [2.05, 4.69) is 5.32 Å². The second-order valence-electron chi connectivity index (χ2n) is 4.51. The fourth-order valence-corrected chi connectivity index (χ4v) is 1.93. The molecule has 1 aromatic rings. The number of nitrogens with one attached hydrogen (secondary N) is 1. The lowest BCUT2D eigenvalue weighted by Crippen LogP contribution is -2.39. The van der Waals surface area contributed by atoms with Crippen LogP contribution in [-0.4, -0.2) is 30.2 Å². The zero-order chi connectivity index (χ0) is 13.1. The summed E-state index contributed by atoms with van der Waals surface area (Å²) in [6.45, 7) is 5.21. The molecular formula is C13H19N3O2. The van der Waals surface area contributed by atoms with Gasteiger partial charge in [-0.05, 0) is 38.0 Å². The third kappa shape index (κ3) is 2.63. The van der Waals surface area contributed by atoms with E-state index >= 15 is 0 Å². The Hall–Kier alpha value is -1.59. The first-order valence-corrected chi connectivity index (χ1v) is 6.15. The van der Waals surface area contributed by atoms with Gasteiger partial charge in [0.25, 0.3) is 0 Å². The molecule has 0 radical (unpaired) electrons. The molecule has 1 fully saturated rings. The number of hydrogen-bond acceptors (Lipinski definition) is 4. The molecule has 0 aliphatic carbocycles. The molecule has 1 aliphatic heterocycles. The zero-order valence-corrected chi connectivity index (χ0v) is 10.8. The maximum atomic E-state index is 12.1. The highest BCUT2D eigenvalue weighted by molar-refractivity contribution is 5.95. The molecule has 0 spiro atoms. The smallest absolute Gasteiger partial charge is 0.243 e. The van der Waals surface area contributed by atoms with Gasteiger partial charge in [-0.25, -0.2) is 0 Å². The molecule has 5 heteroatoms. The highest BCUT2D eigenvalue weighted by Gasteiger charge is 2.25. The van der Waals surface area contributed by atoms with Gasteiger partial charge in [0.05, 0.1) is 6.61 Å². The Bertz CT molecular complexity index is 442. The first-order chi connectivity index (χ1) is 8.59. The summed E-state index contributed by atoms with van der Waals surface area (Å²) in [5, 5.41) is 4.61. The van der Waals surface area contributed by atoms with Crippen LogP contribution in [0, 0.1) is 6.92 Å². The van der Waals surface area contributed by atoms with E-state index in [1.165, 1.54) is 0 Å². The number of hydrogen-bond donors (Lipinski definition) is 2. The quantitative estimate of drug-likeness (QED) is 0.797. The molecule has 1 amide bonds. The van der Waals surface area contributed by atoms with Gasteiger partial charge in [-0.1, -0.05) is 6.07 Å². The third-order valence-electron chi connectivity index (χ3n) is 3.22. The number of carbonyl (C=O) groups excluding carboxylic acids is 1. The molecule has 1 saturated heterocycles. The van der Waals surface area contributed by atoms with E-state index in [-0.39, 0.29) is 11.9 Å². The highest BCUT2D eigenvalue weighted by atomic mass is 16.7. The van der Waals surface area contributed by atoms with Crippen molar-refractivity contribution >= 4 is 17.3 Å². The Morgan fingerprint density at radius 1 is 1.56 bits per heavy atom. The second-order valence-corrected chi connectivity index (χ2v) is 4.51. The molecule has 1 aromatic carbocycles. The van der Waals surface area contributed by atoms with Crippen LogP contribution in [0.25, 0.3) is 0 Å². The number of benzene rings is 1.